The SMILES string of the molecule is COC(=O)C1=C[C@H](c2ccccc2Cl)C[C@H](NC(=O)OC(C)(C)C)O1. The molecule has 0 bridgehead atoms. The zero-order valence-corrected chi connectivity index (χ0v) is 15.4. The predicted molar refractivity (Wildman–Crippen MR) is 93.2 cm³/mol. The molecule has 2 rings (SSSR count). The minimum Gasteiger partial charge on any atom is -0.463 e. The maximum absolute atomic E-state index is 12.0. The molecule has 0 saturated heterocycles. The van der Waals surface area contributed by atoms with Gasteiger partial charge in [0.25, 0.3) is 0 Å². The number of halogens is 1. The maximum atomic E-state index is 12.0. The van der Waals surface area contributed by atoms with Gasteiger partial charge in [0, 0.05) is 17.4 Å². The molecule has 1 heterocycles. The van der Waals surface area contributed by atoms with Crippen molar-refractivity contribution in [1.82, 2.24) is 5.32 Å². The van der Waals surface area contributed by atoms with Gasteiger partial charge in [0.05, 0.1) is 7.11 Å². The Morgan fingerprint density at radius 3 is 2.56 bits per heavy atom. The van der Waals surface area contributed by atoms with E-state index in [-0.39, 0.29) is 11.7 Å². The summed E-state index contributed by atoms with van der Waals surface area (Å²) in [5, 5.41) is 3.20. The number of hydrogen-bond donors (Lipinski definition) is 1. The van der Waals surface area contributed by atoms with Gasteiger partial charge in [0.1, 0.15) is 5.60 Å². The van der Waals surface area contributed by atoms with Gasteiger partial charge in [-0.2, -0.15) is 0 Å². The minimum absolute atomic E-state index is 0.0275. The quantitative estimate of drug-likeness (QED) is 0.823. The summed E-state index contributed by atoms with van der Waals surface area (Å²) in [5.74, 6) is -0.802. The van der Waals surface area contributed by atoms with E-state index >= 15 is 0 Å². The molecule has 0 fully saturated rings. The van der Waals surface area contributed by atoms with Crippen molar-refractivity contribution in [2.24, 2.45) is 0 Å². The third-order valence-electron chi connectivity index (χ3n) is 3.46. The Labute approximate surface area is 152 Å². The number of nitrogens with one attached hydrogen (secondary N) is 1. The highest BCUT2D eigenvalue weighted by atomic mass is 35.5. The number of benzene rings is 1. The lowest BCUT2D eigenvalue weighted by Crippen LogP contribution is -2.43. The smallest absolute Gasteiger partial charge is 0.410 e. The molecule has 0 saturated carbocycles. The van der Waals surface area contributed by atoms with Crippen LogP contribution in [0.25, 0.3) is 0 Å². The van der Waals surface area contributed by atoms with E-state index < -0.39 is 23.9 Å². The number of rotatable bonds is 3. The summed E-state index contributed by atoms with van der Waals surface area (Å²) in [6.07, 6.45) is 0.695. The van der Waals surface area contributed by atoms with E-state index in [1.165, 1.54) is 7.11 Å². The lowest BCUT2D eigenvalue weighted by molar-refractivity contribution is -0.142. The number of esters is 1. The van der Waals surface area contributed by atoms with Crippen molar-refractivity contribution >= 4 is 23.7 Å². The Balaban J connectivity index is 2.21. The molecule has 136 valence electrons. The van der Waals surface area contributed by atoms with Crippen molar-refractivity contribution in [3.05, 3.63) is 46.7 Å². The second-order valence-electron chi connectivity index (χ2n) is 6.64. The van der Waals surface area contributed by atoms with Gasteiger partial charge in [-0.15, -0.1) is 0 Å². The normalized spacial score (nSPS) is 20.1. The van der Waals surface area contributed by atoms with E-state index in [9.17, 15) is 9.59 Å². The van der Waals surface area contributed by atoms with Crippen LogP contribution in [0.4, 0.5) is 4.79 Å². The van der Waals surface area contributed by atoms with Crippen molar-refractivity contribution in [3.8, 4) is 0 Å². The third-order valence-corrected chi connectivity index (χ3v) is 3.80. The molecule has 0 aliphatic carbocycles. The van der Waals surface area contributed by atoms with E-state index in [0.29, 0.717) is 11.4 Å². The first-order valence-electron chi connectivity index (χ1n) is 7.90. The number of ether oxygens (including phenoxy) is 3. The first-order valence-corrected chi connectivity index (χ1v) is 8.28. The summed E-state index contributed by atoms with van der Waals surface area (Å²) < 4.78 is 15.5. The van der Waals surface area contributed by atoms with Crippen LogP contribution in [-0.4, -0.2) is 31.0 Å². The zero-order valence-electron chi connectivity index (χ0n) is 14.7. The summed E-state index contributed by atoms with van der Waals surface area (Å²) >= 11 is 6.26. The first-order chi connectivity index (χ1) is 11.7. The van der Waals surface area contributed by atoms with E-state index in [2.05, 4.69) is 5.32 Å². The van der Waals surface area contributed by atoms with Crippen LogP contribution < -0.4 is 5.32 Å². The van der Waals surface area contributed by atoms with Gasteiger partial charge in [-0.25, -0.2) is 9.59 Å². The molecule has 7 heteroatoms. The molecule has 1 N–H and O–H groups in total. The Hall–Kier alpha value is -2.21. The lowest BCUT2D eigenvalue weighted by Gasteiger charge is -2.30. The molecule has 0 spiro atoms. The van der Waals surface area contributed by atoms with Crippen molar-refractivity contribution in [3.63, 3.8) is 0 Å². The summed E-state index contributed by atoms with van der Waals surface area (Å²) in [7, 11) is 1.27. The van der Waals surface area contributed by atoms with Crippen LogP contribution >= 0.6 is 11.6 Å². The van der Waals surface area contributed by atoms with Crippen LogP contribution in [-0.2, 0) is 19.0 Å². The van der Waals surface area contributed by atoms with Crippen molar-refractivity contribution in [2.75, 3.05) is 7.11 Å². The number of carbonyl (C=O) groups excluding carboxylic acids is 2. The van der Waals surface area contributed by atoms with Gasteiger partial charge in [0.15, 0.2) is 6.23 Å². The zero-order chi connectivity index (χ0) is 18.6. The number of methoxy groups -OCH3 is 1. The number of allylic oxidation sites excluding steroid dienone is 1. The molecule has 6 nitrogen and oxygen atoms in total. The standard InChI is InChI=1S/C18H22ClNO5/c1-18(2,3)25-17(22)20-15-10-11(9-14(24-15)16(21)23-4)12-7-5-6-8-13(12)19/h5-9,11,15H,10H2,1-4H3,(H,20,22)/t11-,15+/m0/s1. The second kappa shape index (κ2) is 7.78. The van der Waals surface area contributed by atoms with Gasteiger partial charge < -0.3 is 14.2 Å². The van der Waals surface area contributed by atoms with Crippen molar-refractivity contribution < 1.29 is 23.8 Å². The molecule has 1 aliphatic rings. The highest BCUT2D eigenvalue weighted by Crippen LogP contribution is 2.34. The van der Waals surface area contributed by atoms with E-state index in [0.717, 1.165) is 5.56 Å². The Bertz CT molecular complexity index is 680. The van der Waals surface area contributed by atoms with Crippen LogP contribution in [0.2, 0.25) is 5.02 Å². The molecule has 25 heavy (non-hydrogen) atoms. The van der Waals surface area contributed by atoms with Crippen molar-refractivity contribution in [1.29, 1.82) is 0 Å². The first kappa shape index (κ1) is 19.1. The maximum Gasteiger partial charge on any atom is 0.410 e. The molecule has 0 unspecified atom stereocenters. The van der Waals surface area contributed by atoms with Crippen LogP contribution in [0.3, 0.4) is 0 Å². The number of hydrogen-bond acceptors (Lipinski definition) is 5. The Morgan fingerprint density at radius 1 is 1.28 bits per heavy atom. The Morgan fingerprint density at radius 2 is 1.96 bits per heavy atom. The molecule has 0 aromatic heterocycles. The summed E-state index contributed by atoms with van der Waals surface area (Å²) in [6.45, 7) is 5.29. The van der Waals surface area contributed by atoms with E-state index in [1.807, 2.05) is 18.2 Å². The van der Waals surface area contributed by atoms with E-state index in [1.54, 1.807) is 32.9 Å². The molecular weight excluding hydrogens is 346 g/mol. The van der Waals surface area contributed by atoms with Gasteiger partial charge in [-0.05, 0) is 38.5 Å². The third kappa shape index (κ3) is 5.39. The number of amides is 1. The summed E-state index contributed by atoms with van der Waals surface area (Å²) in [6, 6.07) is 7.33. The average molecular weight is 368 g/mol. The fourth-order valence-electron chi connectivity index (χ4n) is 2.46. The molecule has 1 aromatic carbocycles. The topological polar surface area (TPSA) is 73.9 Å². The Kier molecular flexibility index (Phi) is 5.95. The minimum atomic E-state index is -0.741. The van der Waals surface area contributed by atoms with Crippen LogP contribution in [0, 0.1) is 0 Å². The molecule has 0 radical (unpaired) electrons. The van der Waals surface area contributed by atoms with Gasteiger partial charge in [-0.1, -0.05) is 29.8 Å². The van der Waals surface area contributed by atoms with Crippen molar-refractivity contribution in [2.45, 2.75) is 44.9 Å². The van der Waals surface area contributed by atoms with Gasteiger partial charge >= 0.3 is 12.1 Å². The molecule has 1 aromatic rings. The van der Waals surface area contributed by atoms with Crippen LogP contribution in [0.1, 0.15) is 38.7 Å². The van der Waals surface area contributed by atoms with Crippen LogP contribution in [0.5, 0.6) is 0 Å². The van der Waals surface area contributed by atoms with E-state index in [4.69, 9.17) is 25.8 Å². The van der Waals surface area contributed by atoms with Crippen LogP contribution in [0.15, 0.2) is 36.1 Å². The number of carbonyl (C=O) groups is 2. The molecule has 1 aliphatic heterocycles. The lowest BCUT2D eigenvalue weighted by atomic mass is 9.92. The van der Waals surface area contributed by atoms with Gasteiger partial charge in [0.2, 0.25) is 5.76 Å². The summed E-state index contributed by atoms with van der Waals surface area (Å²) in [4.78, 5) is 23.9. The highest BCUT2D eigenvalue weighted by Gasteiger charge is 2.31. The fraction of sp³-hybridized carbons (Fsp3) is 0.444. The second-order valence-corrected chi connectivity index (χ2v) is 7.05. The fourth-order valence-corrected chi connectivity index (χ4v) is 2.73. The largest absolute Gasteiger partial charge is 0.463 e. The monoisotopic (exact) mass is 367 g/mol. The van der Waals surface area contributed by atoms with Gasteiger partial charge in [-0.3, -0.25) is 5.32 Å². The average Bonchev–Trinajstić information content (AvgIpc) is 2.52. The molecule has 2 atom stereocenters. The highest BCUT2D eigenvalue weighted by molar-refractivity contribution is 6.31. The predicted octanol–water partition coefficient (Wildman–Crippen LogP) is 3.75. The summed E-state index contributed by atoms with van der Waals surface area (Å²) in [5.41, 5.74) is 0.201. The number of alkyl carbamates (subject to hydrolysis) is 1. The molecular formula is C18H22ClNO5. The molecule has 1 amide bonds.